The van der Waals surface area contributed by atoms with Crippen molar-refractivity contribution < 1.29 is 9.53 Å². The maximum atomic E-state index is 11.7. The first kappa shape index (κ1) is 17.1. The molecule has 5 nitrogen and oxygen atoms in total. The molecule has 1 aliphatic heterocycles. The van der Waals surface area contributed by atoms with Gasteiger partial charge in [-0.2, -0.15) is 0 Å². The molecule has 1 amide bonds. The highest BCUT2D eigenvalue weighted by molar-refractivity contribution is 6.04. The normalized spacial score (nSPS) is 16.8. The molecule has 130 valence electrons. The minimum absolute atomic E-state index is 0.0491. The number of rotatable bonds is 7. The third-order valence-corrected chi connectivity index (χ3v) is 4.42. The van der Waals surface area contributed by atoms with Crippen molar-refractivity contribution in [2.75, 3.05) is 6.61 Å². The zero-order valence-electron chi connectivity index (χ0n) is 14.4. The van der Waals surface area contributed by atoms with Crippen molar-refractivity contribution in [3.05, 3.63) is 59.4 Å². The topological polar surface area (TPSA) is 75.1 Å². The van der Waals surface area contributed by atoms with Crippen molar-refractivity contribution >= 4 is 11.7 Å². The number of carbonyl (C=O) groups is 1. The number of hydrogen-bond donors (Lipinski definition) is 2. The van der Waals surface area contributed by atoms with Crippen molar-refractivity contribution in [1.82, 2.24) is 10.3 Å². The molecule has 0 aliphatic carbocycles. The average molecular weight is 337 g/mol. The Kier molecular flexibility index (Phi) is 5.43. The van der Waals surface area contributed by atoms with Gasteiger partial charge in [-0.05, 0) is 42.2 Å². The smallest absolute Gasteiger partial charge is 0.229 e. The van der Waals surface area contributed by atoms with Gasteiger partial charge in [0.05, 0.1) is 6.61 Å². The first-order valence-corrected chi connectivity index (χ1v) is 8.68. The van der Waals surface area contributed by atoms with E-state index in [1.54, 1.807) is 0 Å². The summed E-state index contributed by atoms with van der Waals surface area (Å²) < 4.78 is 5.78. The average Bonchev–Trinajstić information content (AvgIpc) is 2.94. The third-order valence-electron chi connectivity index (χ3n) is 4.42. The van der Waals surface area contributed by atoms with Crippen LogP contribution in [0.3, 0.4) is 0 Å². The Morgan fingerprint density at radius 2 is 1.96 bits per heavy atom. The SMILES string of the molecule is CCc1ccc(CCOc2ccc(C[C@H]3CC(=N)NC3=O)cc2)nc1. The summed E-state index contributed by atoms with van der Waals surface area (Å²) in [4.78, 5) is 16.1. The number of pyridine rings is 1. The Hall–Kier alpha value is -2.69. The van der Waals surface area contributed by atoms with Crippen LogP contribution in [0.4, 0.5) is 0 Å². The van der Waals surface area contributed by atoms with Crippen LogP contribution in [0.2, 0.25) is 0 Å². The van der Waals surface area contributed by atoms with Gasteiger partial charge < -0.3 is 10.1 Å². The number of nitrogens with one attached hydrogen (secondary N) is 2. The van der Waals surface area contributed by atoms with Crippen molar-refractivity contribution in [2.45, 2.75) is 32.6 Å². The van der Waals surface area contributed by atoms with E-state index in [1.807, 2.05) is 30.5 Å². The Morgan fingerprint density at radius 3 is 2.56 bits per heavy atom. The standard InChI is InChI=1S/C20H23N3O2/c1-2-14-3-6-17(22-13-14)9-10-25-18-7-4-15(5-8-18)11-16-12-19(21)23-20(16)24/h3-8,13,16H,2,9-12H2,1H3,(H2,21,23,24)/t16-/m0/s1. The molecule has 2 heterocycles. The molecule has 2 N–H and O–H groups in total. The molecule has 25 heavy (non-hydrogen) atoms. The predicted octanol–water partition coefficient (Wildman–Crippen LogP) is 2.92. The third kappa shape index (κ3) is 4.66. The maximum Gasteiger partial charge on any atom is 0.229 e. The summed E-state index contributed by atoms with van der Waals surface area (Å²) in [5.74, 6) is 0.955. The number of benzene rings is 1. The number of hydrogen-bond acceptors (Lipinski definition) is 4. The van der Waals surface area contributed by atoms with Gasteiger partial charge in [0.15, 0.2) is 0 Å². The first-order valence-electron chi connectivity index (χ1n) is 8.68. The number of ether oxygens (including phenoxy) is 1. The van der Waals surface area contributed by atoms with Crippen LogP contribution in [-0.4, -0.2) is 23.3 Å². The fourth-order valence-corrected chi connectivity index (χ4v) is 2.90. The lowest BCUT2D eigenvalue weighted by Gasteiger charge is -2.09. The molecule has 1 aromatic carbocycles. The van der Waals surface area contributed by atoms with E-state index in [2.05, 4.69) is 29.4 Å². The minimum atomic E-state index is -0.128. The summed E-state index contributed by atoms with van der Waals surface area (Å²) in [6, 6.07) is 12.0. The Balaban J connectivity index is 1.47. The maximum absolute atomic E-state index is 11.7. The van der Waals surface area contributed by atoms with E-state index >= 15 is 0 Å². The van der Waals surface area contributed by atoms with Gasteiger partial charge in [-0.25, -0.2) is 0 Å². The van der Waals surface area contributed by atoms with Gasteiger partial charge in [0.25, 0.3) is 0 Å². The highest BCUT2D eigenvalue weighted by Gasteiger charge is 2.27. The van der Waals surface area contributed by atoms with Crippen LogP contribution in [0.25, 0.3) is 0 Å². The predicted molar refractivity (Wildman–Crippen MR) is 96.9 cm³/mol. The molecule has 2 aromatic rings. The zero-order valence-corrected chi connectivity index (χ0v) is 14.4. The number of carbonyl (C=O) groups excluding carboxylic acids is 1. The molecule has 1 saturated heterocycles. The molecule has 1 aromatic heterocycles. The lowest BCUT2D eigenvalue weighted by molar-refractivity contribution is -0.122. The van der Waals surface area contributed by atoms with Gasteiger partial charge >= 0.3 is 0 Å². The summed E-state index contributed by atoms with van der Waals surface area (Å²) in [5.41, 5.74) is 3.36. The first-order chi connectivity index (χ1) is 12.1. The Labute approximate surface area is 147 Å². The lowest BCUT2D eigenvalue weighted by atomic mass is 9.98. The van der Waals surface area contributed by atoms with Crippen LogP contribution >= 0.6 is 0 Å². The molecule has 0 radical (unpaired) electrons. The molecule has 1 fully saturated rings. The van der Waals surface area contributed by atoms with Gasteiger partial charge in [0.1, 0.15) is 11.6 Å². The van der Waals surface area contributed by atoms with Crippen LogP contribution in [0, 0.1) is 11.3 Å². The van der Waals surface area contributed by atoms with Crippen LogP contribution in [-0.2, 0) is 24.1 Å². The second kappa shape index (κ2) is 7.92. The van der Waals surface area contributed by atoms with Gasteiger partial charge in [0, 0.05) is 30.7 Å². The van der Waals surface area contributed by atoms with Crippen LogP contribution < -0.4 is 10.1 Å². The Bertz CT molecular complexity index is 739. The van der Waals surface area contributed by atoms with Gasteiger partial charge in [-0.3, -0.25) is 15.2 Å². The van der Waals surface area contributed by atoms with E-state index in [0.29, 0.717) is 25.3 Å². The molecule has 3 rings (SSSR count). The largest absolute Gasteiger partial charge is 0.493 e. The van der Waals surface area contributed by atoms with Crippen molar-refractivity contribution in [1.29, 1.82) is 5.41 Å². The van der Waals surface area contributed by atoms with E-state index in [0.717, 1.165) is 29.8 Å². The van der Waals surface area contributed by atoms with Crippen molar-refractivity contribution in [3.63, 3.8) is 0 Å². The summed E-state index contributed by atoms with van der Waals surface area (Å²) in [7, 11) is 0. The number of aryl methyl sites for hydroxylation is 1. The van der Waals surface area contributed by atoms with Gasteiger partial charge in [-0.15, -0.1) is 0 Å². The molecule has 1 atom stereocenters. The monoisotopic (exact) mass is 337 g/mol. The fraction of sp³-hybridized carbons (Fsp3) is 0.350. The zero-order chi connectivity index (χ0) is 17.6. The van der Waals surface area contributed by atoms with Crippen LogP contribution in [0.1, 0.15) is 30.2 Å². The van der Waals surface area contributed by atoms with E-state index in [1.165, 1.54) is 5.56 Å². The van der Waals surface area contributed by atoms with Gasteiger partial charge in [-0.1, -0.05) is 25.1 Å². The number of amidine groups is 1. The number of aromatic nitrogens is 1. The van der Waals surface area contributed by atoms with E-state index in [4.69, 9.17) is 10.1 Å². The van der Waals surface area contributed by atoms with E-state index in [-0.39, 0.29) is 11.8 Å². The summed E-state index contributed by atoms with van der Waals surface area (Å²) in [5, 5.41) is 10.1. The van der Waals surface area contributed by atoms with E-state index < -0.39 is 0 Å². The lowest BCUT2D eigenvalue weighted by Crippen LogP contribution is -2.22. The van der Waals surface area contributed by atoms with Crippen molar-refractivity contribution in [3.8, 4) is 5.75 Å². The molecule has 0 spiro atoms. The summed E-state index contributed by atoms with van der Waals surface area (Å²) >= 11 is 0. The van der Waals surface area contributed by atoms with Gasteiger partial charge in [0.2, 0.25) is 5.91 Å². The second-order valence-corrected chi connectivity index (χ2v) is 6.33. The molecular formula is C20H23N3O2. The van der Waals surface area contributed by atoms with Crippen LogP contribution in [0.5, 0.6) is 5.75 Å². The highest BCUT2D eigenvalue weighted by Crippen LogP contribution is 2.20. The number of nitrogens with zero attached hydrogens (tertiary/aromatic N) is 1. The van der Waals surface area contributed by atoms with Crippen molar-refractivity contribution in [2.24, 2.45) is 5.92 Å². The summed E-state index contributed by atoms with van der Waals surface area (Å²) in [6.45, 7) is 2.70. The summed E-state index contributed by atoms with van der Waals surface area (Å²) in [6.07, 6.45) is 4.85. The molecule has 1 aliphatic rings. The quantitative estimate of drug-likeness (QED) is 0.816. The minimum Gasteiger partial charge on any atom is -0.493 e. The molecule has 5 heteroatoms. The Morgan fingerprint density at radius 1 is 1.20 bits per heavy atom. The molecular weight excluding hydrogens is 314 g/mol. The molecule has 0 bridgehead atoms. The second-order valence-electron chi connectivity index (χ2n) is 6.33. The van der Waals surface area contributed by atoms with Crippen LogP contribution in [0.15, 0.2) is 42.6 Å². The van der Waals surface area contributed by atoms with E-state index in [9.17, 15) is 4.79 Å². The fourth-order valence-electron chi connectivity index (χ4n) is 2.90. The molecule has 0 saturated carbocycles. The molecule has 0 unspecified atom stereocenters. The number of amides is 1. The highest BCUT2D eigenvalue weighted by atomic mass is 16.5.